The number of hydrogen-bond donors (Lipinski definition) is 2. The maximum absolute atomic E-state index is 12.8. The number of anilines is 1. The highest BCUT2D eigenvalue weighted by atomic mass is 35.5. The molecule has 0 aliphatic carbocycles. The molecular weight excluding hydrogens is 606 g/mol. The van der Waals surface area contributed by atoms with Crippen LogP contribution in [-0.4, -0.2) is 55.9 Å². The molecule has 0 fully saturated rings. The predicted molar refractivity (Wildman–Crippen MR) is 147 cm³/mol. The third-order valence-corrected chi connectivity index (χ3v) is 9.30. The molecular formula is C23H24ClN5O8S3. The van der Waals surface area contributed by atoms with Gasteiger partial charge in [0.1, 0.15) is 0 Å². The highest BCUT2D eigenvalue weighted by Crippen LogP contribution is 2.51. The topological polar surface area (TPSA) is 167 Å². The van der Waals surface area contributed by atoms with Crippen LogP contribution >= 0.6 is 23.4 Å². The molecule has 0 bridgehead atoms. The summed E-state index contributed by atoms with van der Waals surface area (Å²) in [5.74, 6) is -0.370. The number of rotatable bonds is 10. The summed E-state index contributed by atoms with van der Waals surface area (Å²) < 4.78 is 75.8. The number of hydrogen-bond acceptors (Lipinski definition) is 10. The Morgan fingerprint density at radius 2 is 2.00 bits per heavy atom. The number of H-pyrrole nitrogens is 1. The van der Waals surface area contributed by atoms with Crippen molar-refractivity contribution >= 4 is 72.3 Å². The highest BCUT2D eigenvalue weighted by molar-refractivity contribution is 8.03. The van der Waals surface area contributed by atoms with Gasteiger partial charge in [0.25, 0.3) is 15.7 Å². The van der Waals surface area contributed by atoms with E-state index in [0.717, 1.165) is 17.5 Å². The van der Waals surface area contributed by atoms with Crippen LogP contribution in [0, 0.1) is 0 Å². The number of nitrogens with zero attached hydrogens (tertiary/aromatic N) is 3. The summed E-state index contributed by atoms with van der Waals surface area (Å²) in [5.41, 5.74) is 1.72. The lowest BCUT2D eigenvalue weighted by Gasteiger charge is -2.21. The van der Waals surface area contributed by atoms with E-state index >= 15 is 0 Å². The van der Waals surface area contributed by atoms with Crippen molar-refractivity contribution in [2.45, 2.75) is 30.7 Å². The second-order valence-corrected chi connectivity index (χ2v) is 13.6. The van der Waals surface area contributed by atoms with E-state index in [2.05, 4.69) is 11.6 Å². The van der Waals surface area contributed by atoms with E-state index in [9.17, 15) is 26.2 Å². The minimum absolute atomic E-state index is 0.0542. The molecule has 0 unspecified atom stereocenters. The van der Waals surface area contributed by atoms with Gasteiger partial charge >= 0.3 is 0 Å². The molecule has 4 heterocycles. The summed E-state index contributed by atoms with van der Waals surface area (Å²) in [5, 5.41) is 0.912. The largest absolute Gasteiger partial charge is 0.748 e. The highest BCUT2D eigenvalue weighted by Gasteiger charge is 2.33. The number of carbonyl (C=O) groups is 1. The Labute approximate surface area is 239 Å². The number of ether oxygens (including phenoxy) is 2. The fraction of sp³-hybridized carbons (Fsp3) is 0.304. The zero-order chi connectivity index (χ0) is 28.8. The third-order valence-electron chi connectivity index (χ3n) is 6.02. The molecule has 0 atom stereocenters. The smallest absolute Gasteiger partial charge is 0.268 e. The van der Waals surface area contributed by atoms with Gasteiger partial charge in [-0.1, -0.05) is 24.4 Å². The van der Waals surface area contributed by atoms with Gasteiger partial charge in [-0.25, -0.2) is 26.0 Å². The van der Waals surface area contributed by atoms with Gasteiger partial charge in [-0.3, -0.25) is 14.5 Å². The lowest BCUT2D eigenvalue weighted by atomic mass is 10.2. The SMILES string of the molecule is C=CCn1c(C=C2Sc3cc4c(cc3N2CCCS(=O)(=O)[O-])OCO4)[n+](CS(=O)(=O)NC(C)=O)c2[nH]c(Cl)cc21. The number of aromatic nitrogens is 3. The van der Waals surface area contributed by atoms with Crippen LogP contribution in [0.4, 0.5) is 5.69 Å². The van der Waals surface area contributed by atoms with Crippen LogP contribution in [0.25, 0.3) is 17.2 Å². The van der Waals surface area contributed by atoms with Crippen LogP contribution in [0.5, 0.6) is 11.5 Å². The van der Waals surface area contributed by atoms with Gasteiger partial charge in [0.15, 0.2) is 28.0 Å². The van der Waals surface area contributed by atoms with E-state index < -0.39 is 37.7 Å². The number of carbonyl (C=O) groups excluding carboxylic acids is 1. The van der Waals surface area contributed by atoms with E-state index in [-0.39, 0.29) is 24.9 Å². The normalized spacial score (nSPS) is 15.7. The molecule has 2 aliphatic rings. The molecule has 17 heteroatoms. The fourth-order valence-corrected chi connectivity index (χ4v) is 7.47. The van der Waals surface area contributed by atoms with Crippen molar-refractivity contribution in [2.75, 3.05) is 24.0 Å². The van der Waals surface area contributed by atoms with E-state index in [1.165, 1.54) is 16.3 Å². The van der Waals surface area contributed by atoms with Crippen LogP contribution in [0.15, 0.2) is 40.8 Å². The molecule has 2 aromatic heterocycles. The second kappa shape index (κ2) is 10.7. The summed E-state index contributed by atoms with van der Waals surface area (Å²) in [7, 11) is -8.53. The Balaban J connectivity index is 1.65. The van der Waals surface area contributed by atoms with Gasteiger partial charge in [-0.2, -0.15) is 0 Å². The molecule has 5 rings (SSSR count). The number of imidazole rings is 1. The van der Waals surface area contributed by atoms with Crippen molar-refractivity contribution in [2.24, 2.45) is 0 Å². The number of fused-ring (bicyclic) bond motifs is 3. The molecule has 1 aromatic carbocycles. The summed E-state index contributed by atoms with van der Waals surface area (Å²) in [6.07, 6.45) is 3.44. The van der Waals surface area contributed by atoms with Crippen molar-refractivity contribution in [1.82, 2.24) is 14.3 Å². The average Bonchev–Trinajstić information content (AvgIpc) is 3.57. The van der Waals surface area contributed by atoms with Crippen molar-refractivity contribution in [3.05, 3.63) is 46.9 Å². The van der Waals surface area contributed by atoms with Crippen LogP contribution in [-0.2, 0) is 37.4 Å². The lowest BCUT2D eigenvalue weighted by Crippen LogP contribution is -2.45. The molecule has 0 saturated carbocycles. The van der Waals surface area contributed by atoms with Crippen molar-refractivity contribution in [1.29, 1.82) is 0 Å². The van der Waals surface area contributed by atoms with Crippen LogP contribution in [0.1, 0.15) is 19.2 Å². The quantitative estimate of drug-likeness (QED) is 0.193. The fourth-order valence-electron chi connectivity index (χ4n) is 4.57. The van der Waals surface area contributed by atoms with E-state index in [0.29, 0.717) is 40.1 Å². The van der Waals surface area contributed by atoms with Gasteiger partial charge in [-0.15, -0.1) is 0 Å². The second-order valence-electron chi connectivity index (χ2n) is 8.96. The molecule has 214 valence electrons. The van der Waals surface area contributed by atoms with E-state index in [4.69, 9.17) is 21.1 Å². The first-order valence-electron chi connectivity index (χ1n) is 11.8. The Morgan fingerprint density at radius 1 is 1.27 bits per heavy atom. The first-order valence-corrected chi connectivity index (χ1v) is 16.2. The number of sulfonamides is 1. The van der Waals surface area contributed by atoms with Gasteiger partial charge in [0.2, 0.25) is 18.5 Å². The molecule has 0 spiro atoms. The molecule has 2 aliphatic heterocycles. The standard InChI is InChI=1S/C23H24ClN5O8S3/c1-3-5-27-16-9-20(24)25-23(16)29(12-39(31,32)26-14(2)30)21(27)11-22-28(6-4-7-40(33,34)35)15-8-17-18(37-13-36-17)10-19(15)38-22/h3,8-11,25H,1,4-7,12-13H2,2H3,(H-,26,30,33,34,35). The number of halogens is 1. The maximum atomic E-state index is 12.8. The Bertz CT molecular complexity index is 1780. The zero-order valence-electron chi connectivity index (χ0n) is 21.0. The Morgan fingerprint density at radius 3 is 2.67 bits per heavy atom. The van der Waals surface area contributed by atoms with Crippen LogP contribution in [0.3, 0.4) is 0 Å². The molecule has 2 N–H and O–H groups in total. The van der Waals surface area contributed by atoms with E-state index in [1.54, 1.807) is 28.9 Å². The Kier molecular flexibility index (Phi) is 7.56. The summed E-state index contributed by atoms with van der Waals surface area (Å²) in [6, 6.07) is 5.23. The lowest BCUT2D eigenvalue weighted by molar-refractivity contribution is -0.655. The average molecular weight is 630 g/mol. The first-order chi connectivity index (χ1) is 18.8. The number of allylic oxidation sites excluding steroid dienone is 1. The Hall–Kier alpha value is -3.18. The minimum atomic E-state index is -4.43. The van der Waals surface area contributed by atoms with Crippen molar-refractivity contribution < 1.29 is 40.2 Å². The van der Waals surface area contributed by atoms with E-state index in [1.807, 2.05) is 15.7 Å². The summed E-state index contributed by atoms with van der Waals surface area (Å²) >= 11 is 7.58. The monoisotopic (exact) mass is 629 g/mol. The molecule has 3 aromatic rings. The van der Waals surface area contributed by atoms with Crippen LogP contribution in [0.2, 0.25) is 5.15 Å². The van der Waals surface area contributed by atoms with Gasteiger partial charge in [0.05, 0.1) is 27.4 Å². The van der Waals surface area contributed by atoms with Gasteiger partial charge < -0.3 is 18.9 Å². The molecule has 0 radical (unpaired) electrons. The summed E-state index contributed by atoms with van der Waals surface area (Å²) in [6.45, 7) is 5.47. The first kappa shape index (κ1) is 28.4. The van der Waals surface area contributed by atoms with Crippen LogP contribution < -0.4 is 23.7 Å². The van der Waals surface area contributed by atoms with Gasteiger partial charge in [0, 0.05) is 48.4 Å². The van der Waals surface area contributed by atoms with Crippen molar-refractivity contribution in [3.63, 3.8) is 0 Å². The summed E-state index contributed by atoms with van der Waals surface area (Å²) in [4.78, 5) is 17.2. The number of amides is 1. The van der Waals surface area contributed by atoms with Gasteiger partial charge in [-0.05, 0) is 18.0 Å². The number of thioether (sulfide) groups is 1. The maximum Gasteiger partial charge on any atom is 0.268 e. The number of nitrogens with one attached hydrogen (secondary N) is 2. The van der Waals surface area contributed by atoms with Crippen molar-refractivity contribution in [3.8, 4) is 11.5 Å². The predicted octanol–water partition coefficient (Wildman–Crippen LogP) is 2.09. The molecule has 0 saturated heterocycles. The molecule has 1 amide bonds. The molecule has 13 nitrogen and oxygen atoms in total. The molecule has 40 heavy (non-hydrogen) atoms. The third kappa shape index (κ3) is 5.81. The zero-order valence-corrected chi connectivity index (χ0v) is 24.3. The number of benzene rings is 1. The number of aromatic amines is 1. The minimum Gasteiger partial charge on any atom is -0.748 e.